The topological polar surface area (TPSA) is 76.7 Å². The number of hydrogen-bond donors (Lipinski definition) is 2. The standard InChI is InChI=1S/C19H22N2O4S/c1-3-24-16-10-13-9-12(2)25-15(13)11-14(16)21-18(22)6-7-20-19(23)17-5-4-8-26-17/h4-5,8,10-12H,3,6-7,9H2,1-2H3,(H,20,23)(H,21,22). The summed E-state index contributed by atoms with van der Waals surface area (Å²) in [4.78, 5) is 24.8. The van der Waals surface area contributed by atoms with E-state index in [1.807, 2.05) is 37.4 Å². The monoisotopic (exact) mass is 374 g/mol. The third kappa shape index (κ3) is 4.35. The second kappa shape index (κ2) is 8.23. The molecule has 1 aromatic heterocycles. The third-order valence-corrected chi connectivity index (χ3v) is 4.82. The number of carbonyl (C=O) groups is 2. The molecule has 138 valence electrons. The van der Waals surface area contributed by atoms with Gasteiger partial charge in [-0.3, -0.25) is 9.59 Å². The molecule has 2 aromatic rings. The summed E-state index contributed by atoms with van der Waals surface area (Å²) in [6, 6.07) is 7.31. The number of carbonyl (C=O) groups excluding carboxylic acids is 2. The van der Waals surface area contributed by atoms with Gasteiger partial charge in [-0.05, 0) is 31.4 Å². The number of ether oxygens (including phenoxy) is 2. The van der Waals surface area contributed by atoms with Crippen molar-refractivity contribution in [2.24, 2.45) is 0 Å². The number of anilines is 1. The van der Waals surface area contributed by atoms with E-state index in [2.05, 4.69) is 10.6 Å². The van der Waals surface area contributed by atoms with Gasteiger partial charge in [0.25, 0.3) is 5.91 Å². The molecule has 1 unspecified atom stereocenters. The van der Waals surface area contributed by atoms with E-state index in [1.165, 1.54) is 11.3 Å². The first kappa shape index (κ1) is 18.3. The van der Waals surface area contributed by atoms with Crippen LogP contribution in [-0.2, 0) is 11.2 Å². The molecule has 2 heterocycles. The van der Waals surface area contributed by atoms with Crippen LogP contribution >= 0.6 is 11.3 Å². The Bertz CT molecular complexity index is 789. The minimum absolute atomic E-state index is 0.123. The van der Waals surface area contributed by atoms with E-state index in [9.17, 15) is 9.59 Å². The minimum Gasteiger partial charge on any atom is -0.492 e. The van der Waals surface area contributed by atoms with Gasteiger partial charge in [0.15, 0.2) is 0 Å². The molecule has 1 atom stereocenters. The van der Waals surface area contributed by atoms with Crippen LogP contribution in [0, 0.1) is 0 Å². The van der Waals surface area contributed by atoms with Gasteiger partial charge in [0.2, 0.25) is 5.91 Å². The van der Waals surface area contributed by atoms with Crippen LogP contribution in [-0.4, -0.2) is 31.1 Å². The third-order valence-electron chi connectivity index (χ3n) is 3.95. The van der Waals surface area contributed by atoms with E-state index in [1.54, 1.807) is 6.07 Å². The summed E-state index contributed by atoms with van der Waals surface area (Å²) < 4.78 is 11.4. The Morgan fingerprint density at radius 1 is 1.38 bits per heavy atom. The highest BCUT2D eigenvalue weighted by atomic mass is 32.1. The van der Waals surface area contributed by atoms with Crippen molar-refractivity contribution in [2.45, 2.75) is 32.8 Å². The molecule has 2 amide bonds. The van der Waals surface area contributed by atoms with Crippen molar-refractivity contribution >= 4 is 28.8 Å². The lowest BCUT2D eigenvalue weighted by Crippen LogP contribution is -2.27. The zero-order chi connectivity index (χ0) is 18.5. The average Bonchev–Trinajstić information content (AvgIpc) is 3.24. The van der Waals surface area contributed by atoms with Crippen molar-refractivity contribution in [1.82, 2.24) is 5.32 Å². The Labute approximate surface area is 156 Å². The molecule has 1 aliphatic rings. The predicted octanol–water partition coefficient (Wildman–Crippen LogP) is 3.23. The van der Waals surface area contributed by atoms with Crippen LogP contribution in [0.5, 0.6) is 11.5 Å². The van der Waals surface area contributed by atoms with E-state index in [4.69, 9.17) is 9.47 Å². The summed E-state index contributed by atoms with van der Waals surface area (Å²) >= 11 is 1.37. The van der Waals surface area contributed by atoms with Crippen molar-refractivity contribution < 1.29 is 19.1 Å². The van der Waals surface area contributed by atoms with Gasteiger partial charge in [0, 0.05) is 31.0 Å². The minimum atomic E-state index is -0.191. The number of benzene rings is 1. The lowest BCUT2D eigenvalue weighted by atomic mass is 10.1. The molecule has 6 nitrogen and oxygen atoms in total. The second-order valence-electron chi connectivity index (χ2n) is 6.05. The maximum atomic E-state index is 12.2. The quantitative estimate of drug-likeness (QED) is 0.780. The Morgan fingerprint density at radius 3 is 2.96 bits per heavy atom. The molecule has 0 saturated carbocycles. The van der Waals surface area contributed by atoms with Crippen molar-refractivity contribution in [1.29, 1.82) is 0 Å². The van der Waals surface area contributed by atoms with E-state index in [0.717, 1.165) is 17.7 Å². The number of hydrogen-bond acceptors (Lipinski definition) is 5. The van der Waals surface area contributed by atoms with E-state index >= 15 is 0 Å². The molecule has 0 radical (unpaired) electrons. The maximum absolute atomic E-state index is 12.2. The fourth-order valence-electron chi connectivity index (χ4n) is 2.81. The summed E-state index contributed by atoms with van der Waals surface area (Å²) in [5, 5.41) is 7.44. The first-order chi connectivity index (χ1) is 12.6. The van der Waals surface area contributed by atoms with Crippen molar-refractivity contribution in [3.63, 3.8) is 0 Å². The SMILES string of the molecule is CCOc1cc2c(cc1NC(=O)CCNC(=O)c1cccs1)OC(C)C2. The van der Waals surface area contributed by atoms with Gasteiger partial charge >= 0.3 is 0 Å². The summed E-state index contributed by atoms with van der Waals surface area (Å²) in [6.07, 6.45) is 1.13. The normalized spacial score (nSPS) is 15.1. The van der Waals surface area contributed by atoms with Crippen molar-refractivity contribution in [3.8, 4) is 11.5 Å². The maximum Gasteiger partial charge on any atom is 0.261 e. The molecule has 0 fully saturated rings. The van der Waals surface area contributed by atoms with Gasteiger partial charge in [0.05, 0.1) is 17.2 Å². The molecular formula is C19H22N2O4S. The highest BCUT2D eigenvalue weighted by molar-refractivity contribution is 7.12. The van der Waals surface area contributed by atoms with Crippen LogP contribution < -0.4 is 20.1 Å². The van der Waals surface area contributed by atoms with Gasteiger partial charge in [-0.1, -0.05) is 6.07 Å². The van der Waals surface area contributed by atoms with E-state index in [-0.39, 0.29) is 30.9 Å². The Morgan fingerprint density at radius 2 is 2.23 bits per heavy atom. The van der Waals surface area contributed by atoms with Crippen LogP contribution in [0.25, 0.3) is 0 Å². The molecule has 3 rings (SSSR count). The fourth-order valence-corrected chi connectivity index (χ4v) is 3.45. The van der Waals surface area contributed by atoms with E-state index in [0.29, 0.717) is 22.9 Å². The molecule has 7 heteroatoms. The average molecular weight is 374 g/mol. The first-order valence-corrected chi connectivity index (χ1v) is 9.52. The van der Waals surface area contributed by atoms with Crippen LogP contribution in [0.3, 0.4) is 0 Å². The highest BCUT2D eigenvalue weighted by Gasteiger charge is 2.22. The highest BCUT2D eigenvalue weighted by Crippen LogP contribution is 2.38. The molecule has 0 bridgehead atoms. The van der Waals surface area contributed by atoms with Crippen LogP contribution in [0.2, 0.25) is 0 Å². The molecule has 1 aromatic carbocycles. The van der Waals surface area contributed by atoms with Crippen molar-refractivity contribution in [2.75, 3.05) is 18.5 Å². The summed E-state index contributed by atoms with van der Waals surface area (Å²) in [5.41, 5.74) is 1.68. The van der Waals surface area contributed by atoms with Gasteiger partial charge in [0.1, 0.15) is 17.6 Å². The molecule has 1 aliphatic heterocycles. The van der Waals surface area contributed by atoms with Crippen LogP contribution in [0.4, 0.5) is 5.69 Å². The molecule has 0 aliphatic carbocycles. The zero-order valence-corrected chi connectivity index (χ0v) is 15.7. The van der Waals surface area contributed by atoms with Crippen LogP contribution in [0.15, 0.2) is 29.6 Å². The summed E-state index contributed by atoms with van der Waals surface area (Å²) in [6.45, 7) is 4.69. The zero-order valence-electron chi connectivity index (χ0n) is 14.8. The van der Waals surface area contributed by atoms with Crippen molar-refractivity contribution in [3.05, 3.63) is 40.1 Å². The Balaban J connectivity index is 1.58. The smallest absolute Gasteiger partial charge is 0.261 e. The van der Waals surface area contributed by atoms with Gasteiger partial charge < -0.3 is 20.1 Å². The molecule has 26 heavy (non-hydrogen) atoms. The number of rotatable bonds is 7. The number of amides is 2. The predicted molar refractivity (Wildman–Crippen MR) is 101 cm³/mol. The van der Waals surface area contributed by atoms with Gasteiger partial charge in [-0.2, -0.15) is 0 Å². The summed E-state index contributed by atoms with van der Waals surface area (Å²) in [5.74, 6) is 1.06. The molecule has 0 saturated heterocycles. The number of thiophene rings is 1. The van der Waals surface area contributed by atoms with Gasteiger partial charge in [-0.25, -0.2) is 0 Å². The van der Waals surface area contributed by atoms with Crippen LogP contribution in [0.1, 0.15) is 35.5 Å². The molecular weight excluding hydrogens is 352 g/mol. The largest absolute Gasteiger partial charge is 0.492 e. The lowest BCUT2D eigenvalue weighted by molar-refractivity contribution is -0.116. The fraction of sp³-hybridized carbons (Fsp3) is 0.368. The number of fused-ring (bicyclic) bond motifs is 1. The first-order valence-electron chi connectivity index (χ1n) is 8.64. The van der Waals surface area contributed by atoms with E-state index < -0.39 is 0 Å². The second-order valence-corrected chi connectivity index (χ2v) is 7.00. The Kier molecular flexibility index (Phi) is 5.78. The van der Waals surface area contributed by atoms with Gasteiger partial charge in [-0.15, -0.1) is 11.3 Å². The molecule has 2 N–H and O–H groups in total. The summed E-state index contributed by atoms with van der Waals surface area (Å²) in [7, 11) is 0. The lowest BCUT2D eigenvalue weighted by Gasteiger charge is -2.13. The number of nitrogens with one attached hydrogen (secondary N) is 2. The molecule has 0 spiro atoms. The Hall–Kier alpha value is -2.54.